The van der Waals surface area contributed by atoms with Crippen LogP contribution in [0.4, 0.5) is 5.95 Å². The Morgan fingerprint density at radius 2 is 1.94 bits per heavy atom. The highest BCUT2D eigenvalue weighted by atomic mass is 15.2. The number of anilines is 1. The molecule has 0 bridgehead atoms. The van der Waals surface area contributed by atoms with Gasteiger partial charge in [-0.1, -0.05) is 6.92 Å². The van der Waals surface area contributed by atoms with Crippen molar-refractivity contribution in [3.8, 4) is 0 Å². The van der Waals surface area contributed by atoms with Crippen LogP contribution in [-0.2, 0) is 6.42 Å². The van der Waals surface area contributed by atoms with E-state index in [-0.39, 0.29) is 0 Å². The summed E-state index contributed by atoms with van der Waals surface area (Å²) in [5.74, 6) is 1.73. The van der Waals surface area contributed by atoms with E-state index in [0.717, 1.165) is 44.3 Å². The summed E-state index contributed by atoms with van der Waals surface area (Å²) in [7, 11) is 0. The first-order valence-corrected chi connectivity index (χ1v) is 6.55. The second kappa shape index (κ2) is 5.96. The van der Waals surface area contributed by atoms with Crippen molar-refractivity contribution in [3.05, 3.63) is 18.0 Å². The van der Waals surface area contributed by atoms with Gasteiger partial charge in [0.1, 0.15) is 0 Å². The molecule has 1 aliphatic rings. The molecule has 1 aromatic heterocycles. The van der Waals surface area contributed by atoms with E-state index >= 15 is 0 Å². The van der Waals surface area contributed by atoms with Crippen LogP contribution in [0.25, 0.3) is 0 Å². The quantitative estimate of drug-likeness (QED) is 0.860. The monoisotopic (exact) mass is 234 g/mol. The first-order valence-electron chi connectivity index (χ1n) is 6.55. The number of hydrogen-bond donors (Lipinski definition) is 1. The Morgan fingerprint density at radius 3 is 2.53 bits per heavy atom. The van der Waals surface area contributed by atoms with Gasteiger partial charge in [-0.25, -0.2) is 9.97 Å². The number of aromatic nitrogens is 2. The molecule has 0 radical (unpaired) electrons. The predicted molar refractivity (Wildman–Crippen MR) is 70.0 cm³/mol. The van der Waals surface area contributed by atoms with Crippen LogP contribution < -0.4 is 10.6 Å². The van der Waals surface area contributed by atoms with Gasteiger partial charge in [0.15, 0.2) is 0 Å². The van der Waals surface area contributed by atoms with Gasteiger partial charge in [-0.15, -0.1) is 0 Å². The minimum atomic E-state index is 0.728. The zero-order valence-corrected chi connectivity index (χ0v) is 10.6. The lowest BCUT2D eigenvalue weighted by atomic mass is 10.00. The molecule has 1 saturated heterocycles. The van der Waals surface area contributed by atoms with Crippen LogP contribution in [0.2, 0.25) is 0 Å². The fraction of sp³-hybridized carbons (Fsp3) is 0.692. The van der Waals surface area contributed by atoms with Gasteiger partial charge in [-0.2, -0.15) is 0 Å². The standard InChI is InChI=1S/C13H22N4/c1-11-4-7-17(8-5-11)13-15-9-12(10-16-13)3-2-6-14/h9-11H,2-8,14H2,1H3. The van der Waals surface area contributed by atoms with Gasteiger partial charge in [0, 0.05) is 25.5 Å². The lowest BCUT2D eigenvalue weighted by Crippen LogP contribution is -2.34. The first-order chi connectivity index (χ1) is 8.29. The Bertz CT molecular complexity index is 328. The van der Waals surface area contributed by atoms with Crippen LogP contribution in [0.1, 0.15) is 31.7 Å². The molecule has 17 heavy (non-hydrogen) atoms. The third-order valence-electron chi connectivity index (χ3n) is 3.43. The maximum atomic E-state index is 5.49. The van der Waals surface area contributed by atoms with E-state index in [2.05, 4.69) is 21.8 Å². The van der Waals surface area contributed by atoms with E-state index in [0.29, 0.717) is 0 Å². The van der Waals surface area contributed by atoms with Gasteiger partial charge in [0.2, 0.25) is 5.95 Å². The van der Waals surface area contributed by atoms with Crippen molar-refractivity contribution in [1.82, 2.24) is 9.97 Å². The molecule has 1 fully saturated rings. The molecule has 0 spiro atoms. The minimum absolute atomic E-state index is 0.728. The SMILES string of the molecule is CC1CCN(c2ncc(CCCN)cn2)CC1. The van der Waals surface area contributed by atoms with Crippen LogP contribution in [-0.4, -0.2) is 29.6 Å². The van der Waals surface area contributed by atoms with E-state index in [1.807, 2.05) is 12.4 Å². The summed E-state index contributed by atoms with van der Waals surface area (Å²) < 4.78 is 0. The van der Waals surface area contributed by atoms with Gasteiger partial charge in [0.25, 0.3) is 0 Å². The molecule has 0 saturated carbocycles. The van der Waals surface area contributed by atoms with Crippen LogP contribution in [0.3, 0.4) is 0 Å². The van der Waals surface area contributed by atoms with Crippen molar-refractivity contribution in [2.24, 2.45) is 11.7 Å². The van der Waals surface area contributed by atoms with E-state index in [1.54, 1.807) is 0 Å². The second-order valence-corrected chi connectivity index (χ2v) is 4.95. The molecule has 0 aromatic carbocycles. The van der Waals surface area contributed by atoms with E-state index in [4.69, 9.17) is 5.73 Å². The molecule has 1 aromatic rings. The summed E-state index contributed by atoms with van der Waals surface area (Å²) >= 11 is 0. The molecule has 2 rings (SSSR count). The Balaban J connectivity index is 1.93. The van der Waals surface area contributed by atoms with Gasteiger partial charge in [0.05, 0.1) is 0 Å². The lowest BCUT2D eigenvalue weighted by molar-refractivity contribution is 0.434. The minimum Gasteiger partial charge on any atom is -0.341 e. The third-order valence-corrected chi connectivity index (χ3v) is 3.43. The highest BCUT2D eigenvalue weighted by molar-refractivity contribution is 5.30. The highest BCUT2D eigenvalue weighted by Crippen LogP contribution is 2.19. The van der Waals surface area contributed by atoms with Crippen molar-refractivity contribution >= 4 is 5.95 Å². The van der Waals surface area contributed by atoms with Crippen molar-refractivity contribution in [1.29, 1.82) is 0 Å². The Labute approximate surface area is 103 Å². The molecule has 2 heterocycles. The summed E-state index contributed by atoms with van der Waals surface area (Å²) in [4.78, 5) is 11.2. The highest BCUT2D eigenvalue weighted by Gasteiger charge is 2.17. The zero-order chi connectivity index (χ0) is 12.1. The zero-order valence-electron chi connectivity index (χ0n) is 10.6. The van der Waals surface area contributed by atoms with E-state index in [1.165, 1.54) is 18.4 Å². The Hall–Kier alpha value is -1.16. The first kappa shape index (κ1) is 12.3. The average Bonchev–Trinajstić information content (AvgIpc) is 2.38. The van der Waals surface area contributed by atoms with Crippen molar-refractivity contribution < 1.29 is 0 Å². The van der Waals surface area contributed by atoms with Gasteiger partial charge < -0.3 is 10.6 Å². The maximum Gasteiger partial charge on any atom is 0.225 e. The van der Waals surface area contributed by atoms with E-state index in [9.17, 15) is 0 Å². The maximum absolute atomic E-state index is 5.49. The molecule has 4 heteroatoms. The molecule has 1 aliphatic heterocycles. The predicted octanol–water partition coefficient (Wildman–Crippen LogP) is 1.60. The molecular formula is C13H22N4. The summed E-state index contributed by atoms with van der Waals surface area (Å²) in [6.45, 7) is 5.21. The smallest absolute Gasteiger partial charge is 0.225 e. The number of aryl methyl sites for hydroxylation is 1. The van der Waals surface area contributed by atoms with Crippen molar-refractivity contribution in [2.45, 2.75) is 32.6 Å². The largest absolute Gasteiger partial charge is 0.341 e. The van der Waals surface area contributed by atoms with Crippen LogP contribution in [0.5, 0.6) is 0 Å². The lowest BCUT2D eigenvalue weighted by Gasteiger charge is -2.30. The molecule has 0 unspecified atom stereocenters. The summed E-state index contributed by atoms with van der Waals surface area (Å²) in [6, 6.07) is 0. The molecule has 0 amide bonds. The molecule has 0 aliphatic carbocycles. The topological polar surface area (TPSA) is 55.0 Å². The third kappa shape index (κ3) is 3.40. The molecule has 4 nitrogen and oxygen atoms in total. The number of rotatable bonds is 4. The second-order valence-electron chi connectivity index (χ2n) is 4.95. The summed E-state index contributed by atoms with van der Waals surface area (Å²) in [5.41, 5.74) is 6.67. The Morgan fingerprint density at radius 1 is 1.29 bits per heavy atom. The van der Waals surface area contributed by atoms with Gasteiger partial charge in [-0.3, -0.25) is 0 Å². The normalized spacial score (nSPS) is 17.4. The van der Waals surface area contributed by atoms with E-state index < -0.39 is 0 Å². The fourth-order valence-electron chi connectivity index (χ4n) is 2.16. The van der Waals surface area contributed by atoms with Crippen LogP contribution in [0.15, 0.2) is 12.4 Å². The summed E-state index contributed by atoms with van der Waals surface area (Å²) in [6.07, 6.45) is 8.36. The molecule has 0 atom stereocenters. The molecular weight excluding hydrogens is 212 g/mol. The number of nitrogens with zero attached hydrogens (tertiary/aromatic N) is 3. The van der Waals surface area contributed by atoms with Gasteiger partial charge in [-0.05, 0) is 43.7 Å². The van der Waals surface area contributed by atoms with Crippen LogP contribution >= 0.6 is 0 Å². The number of piperidine rings is 1. The Kier molecular flexibility index (Phi) is 4.31. The number of hydrogen-bond acceptors (Lipinski definition) is 4. The van der Waals surface area contributed by atoms with Gasteiger partial charge >= 0.3 is 0 Å². The average molecular weight is 234 g/mol. The number of nitrogens with two attached hydrogens (primary N) is 1. The van der Waals surface area contributed by atoms with Crippen molar-refractivity contribution in [3.63, 3.8) is 0 Å². The fourth-order valence-corrected chi connectivity index (χ4v) is 2.16. The summed E-state index contributed by atoms with van der Waals surface area (Å²) in [5, 5.41) is 0. The van der Waals surface area contributed by atoms with Crippen LogP contribution in [0, 0.1) is 5.92 Å². The van der Waals surface area contributed by atoms with Crippen molar-refractivity contribution in [2.75, 3.05) is 24.5 Å². The molecule has 94 valence electrons. The molecule has 2 N–H and O–H groups in total.